The molecular weight excluding hydrogens is 436 g/mol. The number of amides is 5. The Hall–Kier alpha value is -3.88. The summed E-state index contributed by atoms with van der Waals surface area (Å²) in [5, 5.41) is 7.44. The number of carbonyl (C=O) groups is 4. The first-order valence-corrected chi connectivity index (χ1v) is 11.4. The van der Waals surface area contributed by atoms with E-state index in [4.69, 9.17) is 4.74 Å². The van der Waals surface area contributed by atoms with E-state index in [1.165, 1.54) is 12.6 Å². The molecule has 2 saturated heterocycles. The average molecular weight is 463 g/mol. The Kier molecular flexibility index (Phi) is 5.47. The minimum Gasteiger partial charge on any atom is -0.427 e. The quantitative estimate of drug-likeness (QED) is 0.646. The molecule has 5 rings (SSSR count). The van der Waals surface area contributed by atoms with Crippen LogP contribution in [0.3, 0.4) is 0 Å². The number of ether oxygens (including phenoxy) is 1. The molecule has 0 saturated carbocycles. The number of nitrogens with zero attached hydrogens (tertiary/aromatic N) is 1. The molecule has 0 aromatic heterocycles. The number of fused-ring (bicyclic) bond motifs is 2. The number of likely N-dealkylation sites (tertiary alicyclic amines) is 1. The predicted molar refractivity (Wildman–Crippen MR) is 123 cm³/mol. The highest BCUT2D eigenvalue weighted by atomic mass is 16.6. The number of alkyl carbamates (subject to hydrolysis) is 1. The predicted octanol–water partition coefficient (Wildman–Crippen LogP) is 2.79. The summed E-state index contributed by atoms with van der Waals surface area (Å²) in [7, 11) is 1.51. The fourth-order valence-corrected chi connectivity index (χ4v) is 5.35. The van der Waals surface area contributed by atoms with Crippen LogP contribution in [0.4, 0.5) is 15.3 Å². The van der Waals surface area contributed by atoms with Crippen molar-refractivity contribution in [2.45, 2.75) is 36.7 Å². The van der Waals surface area contributed by atoms with Crippen LogP contribution >= 0.6 is 0 Å². The number of benzene rings is 2. The third-order valence-corrected chi connectivity index (χ3v) is 7.03. The number of nitrogens with one attached hydrogen (secondary N) is 3. The Morgan fingerprint density at radius 2 is 1.97 bits per heavy atom. The Labute approximate surface area is 196 Å². The lowest BCUT2D eigenvalue weighted by Gasteiger charge is -2.21. The highest BCUT2D eigenvalue weighted by molar-refractivity contribution is 6.04. The van der Waals surface area contributed by atoms with Crippen LogP contribution < -0.4 is 16.0 Å². The van der Waals surface area contributed by atoms with Gasteiger partial charge in [-0.25, -0.2) is 9.59 Å². The minimum absolute atomic E-state index is 0.000765. The van der Waals surface area contributed by atoms with Gasteiger partial charge in [-0.15, -0.1) is 0 Å². The molecule has 3 N–H and O–H groups in total. The van der Waals surface area contributed by atoms with Crippen molar-refractivity contribution in [1.82, 2.24) is 15.5 Å². The number of urea groups is 1. The summed E-state index contributed by atoms with van der Waals surface area (Å²) in [5.74, 6) is -0.550. The smallest absolute Gasteiger partial charge is 0.415 e. The third kappa shape index (κ3) is 3.76. The highest BCUT2D eigenvalue weighted by Crippen LogP contribution is 2.51. The zero-order chi connectivity index (χ0) is 23.9. The van der Waals surface area contributed by atoms with Crippen molar-refractivity contribution in [2.24, 2.45) is 0 Å². The standard InChI is InChI=1S/C25H26N4O5/c1-26-23(32)27-18-7-8-20-19(12-18)17(13-25(20)22(31)28-24(33)34-25)11-21(30)29-10-9-16(14-29)15-5-3-2-4-6-15/h2-8,12,16-17H,9-11,13-14H2,1H3,(H2,26,27,32)(H,28,31,33)/t16?,17?,25-/m1/s1. The summed E-state index contributed by atoms with van der Waals surface area (Å²) in [4.78, 5) is 51.6. The van der Waals surface area contributed by atoms with Crippen LogP contribution in [0, 0.1) is 0 Å². The van der Waals surface area contributed by atoms with Gasteiger partial charge in [-0.2, -0.15) is 0 Å². The maximum absolute atomic E-state index is 13.3. The Morgan fingerprint density at radius 1 is 1.18 bits per heavy atom. The second-order valence-electron chi connectivity index (χ2n) is 9.02. The number of rotatable bonds is 4. The van der Waals surface area contributed by atoms with Gasteiger partial charge in [-0.1, -0.05) is 36.4 Å². The van der Waals surface area contributed by atoms with Crippen molar-refractivity contribution >= 4 is 29.6 Å². The lowest BCUT2D eigenvalue weighted by Crippen LogP contribution is -2.35. The molecule has 0 bridgehead atoms. The van der Waals surface area contributed by atoms with E-state index in [0.717, 1.165) is 12.0 Å². The van der Waals surface area contributed by atoms with E-state index in [0.29, 0.717) is 30.3 Å². The van der Waals surface area contributed by atoms with Gasteiger partial charge in [0.25, 0.3) is 5.91 Å². The molecule has 1 aliphatic carbocycles. The number of imide groups is 1. The maximum atomic E-state index is 13.3. The van der Waals surface area contributed by atoms with Crippen LogP contribution in [-0.2, 0) is 19.9 Å². The van der Waals surface area contributed by atoms with Crippen molar-refractivity contribution in [3.05, 3.63) is 65.2 Å². The second kappa shape index (κ2) is 8.48. The molecule has 176 valence electrons. The number of hydrogen-bond acceptors (Lipinski definition) is 5. The van der Waals surface area contributed by atoms with Crippen molar-refractivity contribution in [1.29, 1.82) is 0 Å². The van der Waals surface area contributed by atoms with Gasteiger partial charge >= 0.3 is 12.1 Å². The first-order valence-electron chi connectivity index (χ1n) is 11.4. The van der Waals surface area contributed by atoms with Crippen LogP contribution in [0.2, 0.25) is 0 Å². The normalized spacial score (nSPS) is 25.1. The number of hydrogen-bond donors (Lipinski definition) is 3. The minimum atomic E-state index is -1.44. The SMILES string of the molecule is CNC(=O)Nc1ccc2c(c1)C(CC(=O)N1CCC(c3ccccc3)C1)C[C@@]21OC(=O)NC1=O. The molecule has 2 heterocycles. The summed E-state index contributed by atoms with van der Waals surface area (Å²) < 4.78 is 5.48. The molecule has 2 aromatic rings. The van der Waals surface area contributed by atoms with Crippen LogP contribution in [0.5, 0.6) is 0 Å². The molecule has 9 nitrogen and oxygen atoms in total. The maximum Gasteiger partial charge on any atom is 0.415 e. The molecule has 2 aliphatic heterocycles. The Balaban J connectivity index is 1.38. The van der Waals surface area contributed by atoms with Gasteiger partial charge in [-0.3, -0.25) is 14.9 Å². The van der Waals surface area contributed by atoms with Crippen LogP contribution in [0.1, 0.15) is 47.8 Å². The zero-order valence-corrected chi connectivity index (χ0v) is 18.8. The highest BCUT2D eigenvalue weighted by Gasteiger charge is 2.57. The largest absolute Gasteiger partial charge is 0.427 e. The van der Waals surface area contributed by atoms with E-state index >= 15 is 0 Å². The molecule has 0 radical (unpaired) electrons. The summed E-state index contributed by atoms with van der Waals surface area (Å²) in [6.07, 6.45) is 0.484. The summed E-state index contributed by atoms with van der Waals surface area (Å²) in [6, 6.07) is 14.9. The molecule has 3 aliphatic rings. The van der Waals surface area contributed by atoms with E-state index in [1.807, 2.05) is 23.1 Å². The Morgan fingerprint density at radius 3 is 2.68 bits per heavy atom. The van der Waals surface area contributed by atoms with Crippen LogP contribution in [0.25, 0.3) is 0 Å². The van der Waals surface area contributed by atoms with E-state index in [1.54, 1.807) is 18.2 Å². The van der Waals surface area contributed by atoms with Crippen LogP contribution in [0.15, 0.2) is 48.5 Å². The van der Waals surface area contributed by atoms with Gasteiger partial charge in [0.05, 0.1) is 0 Å². The second-order valence-corrected chi connectivity index (χ2v) is 9.02. The van der Waals surface area contributed by atoms with Gasteiger partial charge in [0.1, 0.15) is 0 Å². The van der Waals surface area contributed by atoms with Crippen molar-refractivity contribution in [2.75, 3.05) is 25.5 Å². The number of anilines is 1. The fraction of sp³-hybridized carbons (Fsp3) is 0.360. The van der Waals surface area contributed by atoms with E-state index in [9.17, 15) is 19.2 Å². The fourth-order valence-electron chi connectivity index (χ4n) is 5.35. The van der Waals surface area contributed by atoms with Gasteiger partial charge in [0.15, 0.2) is 0 Å². The molecule has 34 heavy (non-hydrogen) atoms. The van der Waals surface area contributed by atoms with E-state index in [-0.39, 0.29) is 30.7 Å². The molecule has 5 amide bonds. The summed E-state index contributed by atoms with van der Waals surface area (Å²) >= 11 is 0. The van der Waals surface area contributed by atoms with Gasteiger partial charge in [0.2, 0.25) is 11.5 Å². The van der Waals surface area contributed by atoms with Gasteiger partial charge in [-0.05, 0) is 35.6 Å². The van der Waals surface area contributed by atoms with Gasteiger partial charge in [0, 0.05) is 50.1 Å². The molecule has 2 unspecified atom stereocenters. The topological polar surface area (TPSA) is 117 Å². The van der Waals surface area contributed by atoms with Crippen molar-refractivity contribution in [3.8, 4) is 0 Å². The zero-order valence-electron chi connectivity index (χ0n) is 18.8. The lowest BCUT2D eigenvalue weighted by atomic mass is 9.94. The van der Waals surface area contributed by atoms with Crippen LogP contribution in [-0.4, -0.2) is 49.0 Å². The summed E-state index contributed by atoms with van der Waals surface area (Å²) in [6.45, 7) is 1.33. The molecule has 1 spiro atoms. The molecule has 9 heteroatoms. The first kappa shape index (κ1) is 21.9. The Bertz CT molecular complexity index is 1170. The first-order chi connectivity index (χ1) is 16.4. The van der Waals surface area contributed by atoms with Crippen molar-refractivity contribution in [3.63, 3.8) is 0 Å². The molecule has 2 aromatic carbocycles. The lowest BCUT2D eigenvalue weighted by molar-refractivity contribution is -0.134. The van der Waals surface area contributed by atoms with Gasteiger partial charge < -0.3 is 20.3 Å². The molecular formula is C25H26N4O5. The van der Waals surface area contributed by atoms with Crippen molar-refractivity contribution < 1.29 is 23.9 Å². The average Bonchev–Trinajstić information content (AvgIpc) is 3.51. The monoisotopic (exact) mass is 462 g/mol. The van der Waals surface area contributed by atoms with E-state index < -0.39 is 17.6 Å². The molecule has 2 fully saturated rings. The third-order valence-electron chi connectivity index (χ3n) is 7.03. The molecule has 3 atom stereocenters. The number of carbonyl (C=O) groups excluding carboxylic acids is 4. The van der Waals surface area contributed by atoms with E-state index in [2.05, 4.69) is 28.1 Å². The summed E-state index contributed by atoms with van der Waals surface area (Å²) in [5.41, 5.74) is 1.59.